The molecule has 2 nitrogen and oxygen atoms in total. The third-order valence-corrected chi connectivity index (χ3v) is 1.51. The molecule has 0 aromatic rings. The first-order chi connectivity index (χ1) is 6.20. The molecule has 74 valence electrons. The lowest BCUT2D eigenvalue weighted by Gasteiger charge is -2.04. The molecule has 1 unspecified atom stereocenters. The number of ether oxygens (including phenoxy) is 1. The molecular weight excluding hydrogens is 164 g/mol. The molecule has 1 atom stereocenters. The maximum absolute atomic E-state index is 9.08. The second-order valence-corrected chi connectivity index (χ2v) is 2.75. The summed E-state index contributed by atoms with van der Waals surface area (Å²) in [6, 6.07) is 0. The SMILES string of the molecule is C=CC(O)/C=C\C(=C)OCCCC. The lowest BCUT2D eigenvalue weighted by molar-refractivity contribution is 0.219. The standard InChI is InChI=1S/C11H18O2/c1-4-6-9-13-10(3)7-8-11(12)5-2/h5,7-8,11-12H,2-4,6,9H2,1H3/b8-7-. The largest absolute Gasteiger partial charge is 0.494 e. The molecule has 2 heteroatoms. The summed E-state index contributed by atoms with van der Waals surface area (Å²) in [6.07, 6.45) is 6.19. The van der Waals surface area contributed by atoms with Gasteiger partial charge >= 0.3 is 0 Å². The molecule has 0 saturated carbocycles. The maximum atomic E-state index is 9.08. The van der Waals surface area contributed by atoms with Crippen molar-refractivity contribution in [3.63, 3.8) is 0 Å². The summed E-state index contributed by atoms with van der Waals surface area (Å²) in [5.41, 5.74) is 0. The minimum absolute atomic E-state index is 0.578. The quantitative estimate of drug-likeness (QED) is 0.283. The molecule has 0 aromatic carbocycles. The average molecular weight is 182 g/mol. The number of hydrogen-bond acceptors (Lipinski definition) is 2. The molecule has 0 aliphatic heterocycles. The topological polar surface area (TPSA) is 29.5 Å². The Labute approximate surface area is 80.2 Å². The highest BCUT2D eigenvalue weighted by atomic mass is 16.5. The van der Waals surface area contributed by atoms with E-state index in [-0.39, 0.29) is 0 Å². The van der Waals surface area contributed by atoms with Gasteiger partial charge in [0.2, 0.25) is 0 Å². The molecule has 0 bridgehead atoms. The lowest BCUT2D eigenvalue weighted by Crippen LogP contribution is -1.96. The van der Waals surface area contributed by atoms with Crippen molar-refractivity contribution < 1.29 is 9.84 Å². The van der Waals surface area contributed by atoms with Gasteiger partial charge in [-0.1, -0.05) is 26.0 Å². The molecule has 0 spiro atoms. The summed E-state index contributed by atoms with van der Waals surface area (Å²) in [4.78, 5) is 0. The first-order valence-corrected chi connectivity index (χ1v) is 4.51. The van der Waals surface area contributed by atoms with E-state index in [0.717, 1.165) is 12.8 Å². The number of aliphatic hydroxyl groups is 1. The van der Waals surface area contributed by atoms with E-state index < -0.39 is 6.10 Å². The fourth-order valence-corrected chi connectivity index (χ4v) is 0.680. The Morgan fingerprint density at radius 3 is 2.85 bits per heavy atom. The van der Waals surface area contributed by atoms with Crippen LogP contribution in [0.4, 0.5) is 0 Å². The summed E-state index contributed by atoms with van der Waals surface area (Å²) < 4.78 is 5.25. The fourth-order valence-electron chi connectivity index (χ4n) is 0.680. The van der Waals surface area contributed by atoms with Gasteiger partial charge in [0, 0.05) is 0 Å². The van der Waals surface area contributed by atoms with E-state index >= 15 is 0 Å². The zero-order chi connectivity index (χ0) is 10.1. The highest BCUT2D eigenvalue weighted by molar-refractivity contribution is 5.11. The first kappa shape index (κ1) is 12.0. The zero-order valence-corrected chi connectivity index (χ0v) is 8.20. The highest BCUT2D eigenvalue weighted by Gasteiger charge is 1.91. The van der Waals surface area contributed by atoms with E-state index in [2.05, 4.69) is 20.1 Å². The number of allylic oxidation sites excluding steroid dienone is 1. The second kappa shape index (κ2) is 7.62. The molecule has 0 heterocycles. The van der Waals surface area contributed by atoms with Crippen molar-refractivity contribution in [2.75, 3.05) is 6.61 Å². The van der Waals surface area contributed by atoms with Gasteiger partial charge in [0.25, 0.3) is 0 Å². The molecule has 13 heavy (non-hydrogen) atoms. The van der Waals surface area contributed by atoms with Crippen LogP contribution >= 0.6 is 0 Å². The van der Waals surface area contributed by atoms with Crippen molar-refractivity contribution in [3.8, 4) is 0 Å². The molecule has 0 fully saturated rings. The average Bonchev–Trinajstić information content (AvgIpc) is 2.14. The third-order valence-electron chi connectivity index (χ3n) is 1.51. The summed E-state index contributed by atoms with van der Waals surface area (Å²) in [7, 11) is 0. The van der Waals surface area contributed by atoms with Gasteiger partial charge in [0.15, 0.2) is 0 Å². The van der Waals surface area contributed by atoms with Gasteiger partial charge in [-0.3, -0.25) is 0 Å². The van der Waals surface area contributed by atoms with Gasteiger partial charge in [-0.15, -0.1) is 6.58 Å². The van der Waals surface area contributed by atoms with Gasteiger partial charge in [-0.25, -0.2) is 0 Å². The maximum Gasteiger partial charge on any atom is 0.111 e. The van der Waals surface area contributed by atoms with Gasteiger partial charge < -0.3 is 9.84 Å². The Morgan fingerprint density at radius 1 is 1.62 bits per heavy atom. The highest BCUT2D eigenvalue weighted by Crippen LogP contribution is 2.00. The van der Waals surface area contributed by atoms with Crippen molar-refractivity contribution >= 4 is 0 Å². The minimum atomic E-state index is -0.619. The first-order valence-electron chi connectivity index (χ1n) is 4.51. The normalized spacial score (nSPS) is 12.8. The minimum Gasteiger partial charge on any atom is -0.494 e. The number of unbranched alkanes of at least 4 members (excludes halogenated alkanes) is 1. The molecule has 0 amide bonds. The smallest absolute Gasteiger partial charge is 0.111 e. The van der Waals surface area contributed by atoms with Crippen LogP contribution in [0.3, 0.4) is 0 Å². The Bertz CT molecular complexity index is 183. The second-order valence-electron chi connectivity index (χ2n) is 2.75. The van der Waals surface area contributed by atoms with Crippen LogP contribution in [0.2, 0.25) is 0 Å². The molecule has 0 aliphatic rings. The molecule has 0 rings (SSSR count). The Morgan fingerprint density at radius 2 is 2.31 bits per heavy atom. The third kappa shape index (κ3) is 7.34. The van der Waals surface area contributed by atoms with Crippen molar-refractivity contribution in [1.29, 1.82) is 0 Å². The fraction of sp³-hybridized carbons (Fsp3) is 0.455. The summed E-state index contributed by atoms with van der Waals surface area (Å²) in [6.45, 7) is 9.91. The van der Waals surface area contributed by atoms with E-state index in [1.54, 1.807) is 12.2 Å². The van der Waals surface area contributed by atoms with Crippen molar-refractivity contribution in [3.05, 3.63) is 37.1 Å². The van der Waals surface area contributed by atoms with E-state index in [4.69, 9.17) is 9.84 Å². The van der Waals surface area contributed by atoms with Crippen LogP contribution in [0, 0.1) is 0 Å². The van der Waals surface area contributed by atoms with Gasteiger partial charge in [0.05, 0.1) is 12.7 Å². The summed E-state index contributed by atoms with van der Waals surface area (Å²) in [5.74, 6) is 0.578. The number of hydrogen-bond donors (Lipinski definition) is 1. The van der Waals surface area contributed by atoms with Crippen molar-refractivity contribution in [1.82, 2.24) is 0 Å². The molecule has 0 saturated heterocycles. The van der Waals surface area contributed by atoms with Crippen molar-refractivity contribution in [2.45, 2.75) is 25.9 Å². The Balaban J connectivity index is 3.61. The van der Waals surface area contributed by atoms with E-state index in [1.165, 1.54) is 6.08 Å². The number of rotatable bonds is 7. The monoisotopic (exact) mass is 182 g/mol. The van der Waals surface area contributed by atoms with E-state index in [1.807, 2.05) is 0 Å². The molecular formula is C11H18O2. The van der Waals surface area contributed by atoms with Crippen LogP contribution in [-0.4, -0.2) is 17.8 Å². The molecule has 1 N–H and O–H groups in total. The van der Waals surface area contributed by atoms with Gasteiger partial charge in [-0.05, 0) is 18.6 Å². The Hall–Kier alpha value is -1.02. The zero-order valence-electron chi connectivity index (χ0n) is 8.20. The van der Waals surface area contributed by atoms with Crippen molar-refractivity contribution in [2.24, 2.45) is 0 Å². The van der Waals surface area contributed by atoms with Crippen LogP contribution in [0.15, 0.2) is 37.1 Å². The van der Waals surface area contributed by atoms with E-state index in [0.29, 0.717) is 12.4 Å². The van der Waals surface area contributed by atoms with Gasteiger partial charge in [-0.2, -0.15) is 0 Å². The predicted molar refractivity (Wildman–Crippen MR) is 55.3 cm³/mol. The molecule has 0 radical (unpaired) electrons. The van der Waals surface area contributed by atoms with E-state index in [9.17, 15) is 0 Å². The van der Waals surface area contributed by atoms with Crippen LogP contribution in [0.25, 0.3) is 0 Å². The van der Waals surface area contributed by atoms with Crippen LogP contribution in [0.1, 0.15) is 19.8 Å². The molecule has 0 aromatic heterocycles. The predicted octanol–water partition coefficient (Wildman–Crippen LogP) is 2.42. The van der Waals surface area contributed by atoms with Crippen LogP contribution in [-0.2, 0) is 4.74 Å². The van der Waals surface area contributed by atoms with Crippen LogP contribution < -0.4 is 0 Å². The summed E-state index contributed by atoms with van der Waals surface area (Å²) >= 11 is 0. The lowest BCUT2D eigenvalue weighted by atomic mass is 10.3. The Kier molecular flexibility index (Phi) is 7.02. The molecule has 0 aliphatic carbocycles. The number of aliphatic hydroxyl groups excluding tert-OH is 1. The van der Waals surface area contributed by atoms with Gasteiger partial charge in [0.1, 0.15) is 5.76 Å². The summed E-state index contributed by atoms with van der Waals surface area (Å²) in [5, 5.41) is 9.08. The van der Waals surface area contributed by atoms with Crippen LogP contribution in [0.5, 0.6) is 0 Å².